The number of aromatic nitrogens is 2. The van der Waals surface area contributed by atoms with Gasteiger partial charge in [0.25, 0.3) is 0 Å². The summed E-state index contributed by atoms with van der Waals surface area (Å²) in [6.45, 7) is 7.86. The minimum Gasteiger partial charge on any atom is -0.497 e. The maximum absolute atomic E-state index is 11.5. The normalized spacial score (nSPS) is 16.0. The summed E-state index contributed by atoms with van der Waals surface area (Å²) < 4.78 is 19.1. The average molecular weight is 468 g/mol. The lowest BCUT2D eigenvalue weighted by atomic mass is 9.89. The standard InChI is InChI=1S/C26H33N3O5/c1-4-33-18(2)29-17-23(21-7-10-27-16-24(21)29)19-8-11-28(12-9-19)13-14-34-25-15-20(32-3)5-6-22(25)26(30)31/h5-7,10,15-19H,4,8-9,11-14H2,1-3H3,(H,30,31). The maximum atomic E-state index is 11.5. The molecular formula is C26H33N3O5. The number of ether oxygens (including phenoxy) is 3. The third-order valence-electron chi connectivity index (χ3n) is 6.58. The van der Waals surface area contributed by atoms with E-state index in [1.165, 1.54) is 17.0 Å². The first-order valence-corrected chi connectivity index (χ1v) is 11.8. The molecule has 8 nitrogen and oxygen atoms in total. The molecule has 1 saturated heterocycles. The highest BCUT2D eigenvalue weighted by molar-refractivity contribution is 5.91. The number of benzene rings is 1. The molecule has 1 N–H and O–H groups in total. The summed E-state index contributed by atoms with van der Waals surface area (Å²) in [5.74, 6) is 0.390. The largest absolute Gasteiger partial charge is 0.497 e. The van der Waals surface area contributed by atoms with E-state index in [1.54, 1.807) is 19.2 Å². The summed E-state index contributed by atoms with van der Waals surface area (Å²) in [5.41, 5.74) is 2.62. The van der Waals surface area contributed by atoms with Gasteiger partial charge in [-0.1, -0.05) is 0 Å². The smallest absolute Gasteiger partial charge is 0.339 e. The highest BCUT2D eigenvalue weighted by Crippen LogP contribution is 2.35. The van der Waals surface area contributed by atoms with Crippen LogP contribution in [0.5, 0.6) is 11.5 Å². The SMILES string of the molecule is CCOC(C)n1cc(C2CCN(CCOc3cc(OC)ccc3C(=O)O)CC2)c2ccncc21. The van der Waals surface area contributed by atoms with Crippen LogP contribution in [-0.4, -0.2) is 65.5 Å². The molecule has 34 heavy (non-hydrogen) atoms. The van der Waals surface area contributed by atoms with Gasteiger partial charge in [-0.05, 0) is 69.5 Å². The van der Waals surface area contributed by atoms with Crippen LogP contribution in [0.2, 0.25) is 0 Å². The van der Waals surface area contributed by atoms with E-state index in [2.05, 4.69) is 33.6 Å². The summed E-state index contributed by atoms with van der Waals surface area (Å²) in [7, 11) is 1.55. The molecule has 0 aliphatic carbocycles. The van der Waals surface area contributed by atoms with Crippen LogP contribution in [0.4, 0.5) is 0 Å². The molecule has 8 heteroatoms. The first-order chi connectivity index (χ1) is 16.5. The topological polar surface area (TPSA) is 86.0 Å². The van der Waals surface area contributed by atoms with Crippen molar-refractivity contribution in [3.05, 3.63) is 54.0 Å². The van der Waals surface area contributed by atoms with E-state index in [0.29, 0.717) is 30.6 Å². The van der Waals surface area contributed by atoms with Crippen molar-refractivity contribution in [3.63, 3.8) is 0 Å². The highest BCUT2D eigenvalue weighted by Gasteiger charge is 2.25. The van der Waals surface area contributed by atoms with Crippen LogP contribution in [-0.2, 0) is 4.74 Å². The Morgan fingerprint density at radius 1 is 1.26 bits per heavy atom. The molecule has 0 bridgehead atoms. The highest BCUT2D eigenvalue weighted by atomic mass is 16.5. The van der Waals surface area contributed by atoms with Crippen LogP contribution in [0.15, 0.2) is 42.9 Å². The predicted molar refractivity (Wildman–Crippen MR) is 130 cm³/mol. The van der Waals surface area contributed by atoms with Gasteiger partial charge in [-0.3, -0.25) is 9.88 Å². The second-order valence-corrected chi connectivity index (χ2v) is 8.57. The number of nitrogens with zero attached hydrogens (tertiary/aromatic N) is 3. The molecule has 0 radical (unpaired) electrons. The van der Waals surface area contributed by atoms with Crippen LogP contribution in [0.25, 0.3) is 10.9 Å². The van der Waals surface area contributed by atoms with Crippen molar-refractivity contribution in [2.45, 2.75) is 38.8 Å². The Bertz CT molecular complexity index is 1120. The van der Waals surface area contributed by atoms with Crippen LogP contribution in [0.3, 0.4) is 0 Å². The lowest BCUT2D eigenvalue weighted by molar-refractivity contribution is 0.0278. The van der Waals surface area contributed by atoms with Gasteiger partial charge < -0.3 is 23.9 Å². The number of aromatic carboxylic acids is 1. The van der Waals surface area contributed by atoms with Gasteiger partial charge in [0, 0.05) is 37.0 Å². The molecular weight excluding hydrogens is 434 g/mol. The quantitative estimate of drug-likeness (QED) is 0.468. The Morgan fingerprint density at radius 2 is 2.06 bits per heavy atom. The predicted octanol–water partition coefficient (Wildman–Crippen LogP) is 4.56. The molecule has 1 unspecified atom stereocenters. The summed E-state index contributed by atoms with van der Waals surface area (Å²) in [6.07, 6.45) is 8.11. The third-order valence-corrected chi connectivity index (χ3v) is 6.58. The zero-order valence-corrected chi connectivity index (χ0v) is 20.1. The number of hydrogen-bond acceptors (Lipinski definition) is 6. The molecule has 0 amide bonds. The molecule has 0 saturated carbocycles. The second kappa shape index (κ2) is 10.9. The number of hydrogen-bond donors (Lipinski definition) is 1. The minimum absolute atomic E-state index is 0.0324. The van der Waals surface area contributed by atoms with Gasteiger partial charge in [-0.15, -0.1) is 0 Å². The zero-order valence-electron chi connectivity index (χ0n) is 20.1. The number of rotatable bonds is 10. The van der Waals surface area contributed by atoms with Crippen molar-refractivity contribution in [1.29, 1.82) is 0 Å². The van der Waals surface area contributed by atoms with E-state index in [4.69, 9.17) is 14.2 Å². The number of piperidine rings is 1. The summed E-state index contributed by atoms with van der Waals surface area (Å²) >= 11 is 0. The molecule has 3 heterocycles. The molecule has 0 spiro atoms. The van der Waals surface area contributed by atoms with Crippen molar-refractivity contribution in [2.75, 3.05) is 40.0 Å². The van der Waals surface area contributed by atoms with Crippen molar-refractivity contribution in [3.8, 4) is 11.5 Å². The Kier molecular flexibility index (Phi) is 7.70. The molecule has 1 atom stereocenters. The Hall–Kier alpha value is -3.10. The molecule has 3 aromatic rings. The second-order valence-electron chi connectivity index (χ2n) is 8.57. The van der Waals surface area contributed by atoms with Crippen molar-refractivity contribution < 1.29 is 24.1 Å². The number of methoxy groups -OCH3 is 1. The van der Waals surface area contributed by atoms with Crippen molar-refractivity contribution >= 4 is 16.9 Å². The molecule has 2 aromatic heterocycles. The van der Waals surface area contributed by atoms with Crippen molar-refractivity contribution in [1.82, 2.24) is 14.5 Å². The fourth-order valence-corrected chi connectivity index (χ4v) is 4.75. The average Bonchev–Trinajstić information content (AvgIpc) is 3.24. The van der Waals surface area contributed by atoms with Crippen LogP contribution in [0.1, 0.15) is 54.8 Å². The number of pyridine rings is 1. The Balaban J connectivity index is 1.37. The van der Waals surface area contributed by atoms with E-state index in [9.17, 15) is 9.90 Å². The van der Waals surface area contributed by atoms with Crippen LogP contribution in [0, 0.1) is 0 Å². The van der Waals surface area contributed by atoms with Gasteiger partial charge in [-0.25, -0.2) is 4.79 Å². The first-order valence-electron chi connectivity index (χ1n) is 11.8. The van der Waals surface area contributed by atoms with Gasteiger partial charge in [0.15, 0.2) is 0 Å². The summed E-state index contributed by atoms with van der Waals surface area (Å²) in [5, 5.41) is 10.7. The summed E-state index contributed by atoms with van der Waals surface area (Å²) in [4.78, 5) is 18.2. The molecule has 1 aliphatic rings. The van der Waals surface area contributed by atoms with Gasteiger partial charge in [-0.2, -0.15) is 0 Å². The van der Waals surface area contributed by atoms with Gasteiger partial charge in [0.2, 0.25) is 0 Å². The van der Waals surface area contributed by atoms with Gasteiger partial charge >= 0.3 is 5.97 Å². The van der Waals surface area contributed by atoms with Crippen LogP contribution < -0.4 is 9.47 Å². The molecule has 1 fully saturated rings. The van der Waals surface area contributed by atoms with E-state index in [0.717, 1.165) is 38.0 Å². The lowest BCUT2D eigenvalue weighted by Gasteiger charge is -2.31. The number of carboxylic acid groups (broad SMARTS) is 1. The monoisotopic (exact) mass is 467 g/mol. The van der Waals surface area contributed by atoms with E-state index in [-0.39, 0.29) is 11.8 Å². The fourth-order valence-electron chi connectivity index (χ4n) is 4.75. The lowest BCUT2D eigenvalue weighted by Crippen LogP contribution is -2.35. The minimum atomic E-state index is -1.01. The molecule has 1 aromatic carbocycles. The number of fused-ring (bicyclic) bond motifs is 1. The molecule has 182 valence electrons. The fraction of sp³-hybridized carbons (Fsp3) is 0.462. The molecule has 4 rings (SSSR count). The van der Waals surface area contributed by atoms with Gasteiger partial charge in [0.1, 0.15) is 29.9 Å². The first kappa shape index (κ1) is 24.0. The van der Waals surface area contributed by atoms with E-state index >= 15 is 0 Å². The Labute approximate surface area is 200 Å². The van der Waals surface area contributed by atoms with Crippen molar-refractivity contribution in [2.24, 2.45) is 0 Å². The zero-order chi connectivity index (χ0) is 24.1. The number of carbonyl (C=O) groups is 1. The van der Waals surface area contributed by atoms with E-state index in [1.807, 2.05) is 19.3 Å². The van der Waals surface area contributed by atoms with E-state index < -0.39 is 5.97 Å². The number of likely N-dealkylation sites (tertiary alicyclic amines) is 1. The Morgan fingerprint density at radius 3 is 2.76 bits per heavy atom. The van der Waals surface area contributed by atoms with Gasteiger partial charge in [0.05, 0.1) is 18.8 Å². The summed E-state index contributed by atoms with van der Waals surface area (Å²) in [6, 6.07) is 6.88. The molecule has 1 aliphatic heterocycles. The number of carboxylic acids is 1. The maximum Gasteiger partial charge on any atom is 0.339 e. The van der Waals surface area contributed by atoms with Crippen LogP contribution >= 0.6 is 0 Å². The third kappa shape index (κ3) is 5.18.